The van der Waals surface area contributed by atoms with Crippen molar-refractivity contribution < 1.29 is 19.1 Å². The number of furan rings is 1. The molecule has 4 rings (SSSR count). The minimum absolute atomic E-state index is 0.0651. The van der Waals surface area contributed by atoms with Gasteiger partial charge in [-0.15, -0.1) is 0 Å². The smallest absolute Gasteiger partial charge is 0.294 e. The minimum atomic E-state index is -0.507. The second-order valence-corrected chi connectivity index (χ2v) is 7.49. The Balaban J connectivity index is 1.49. The van der Waals surface area contributed by atoms with Crippen LogP contribution in [0.1, 0.15) is 10.6 Å². The zero-order valence-electron chi connectivity index (χ0n) is 16.6. The Morgan fingerprint density at radius 2 is 1.53 bits per heavy atom. The van der Waals surface area contributed by atoms with Gasteiger partial charge in [0.15, 0.2) is 5.76 Å². The largest absolute Gasteiger partial charge is 0.451 e. The molecule has 0 radical (unpaired) electrons. The summed E-state index contributed by atoms with van der Waals surface area (Å²) < 4.78 is 5.64. The number of benzene rings is 2. The number of nitrogens with zero attached hydrogens (tertiary/aromatic N) is 4. The summed E-state index contributed by atoms with van der Waals surface area (Å²) in [4.78, 5) is 37.9. The number of halogens is 1. The van der Waals surface area contributed by atoms with Crippen molar-refractivity contribution in [2.24, 2.45) is 0 Å². The highest BCUT2D eigenvalue weighted by molar-refractivity contribution is 6.33. The number of para-hydroxylation sites is 2. The van der Waals surface area contributed by atoms with E-state index in [2.05, 4.69) is 0 Å². The van der Waals surface area contributed by atoms with Crippen molar-refractivity contribution in [2.75, 3.05) is 31.1 Å². The normalized spacial score (nSPS) is 13.8. The molecule has 2 heterocycles. The Kier molecular flexibility index (Phi) is 5.78. The van der Waals surface area contributed by atoms with Gasteiger partial charge in [0.1, 0.15) is 11.4 Å². The van der Waals surface area contributed by atoms with Crippen LogP contribution in [0.25, 0.3) is 11.3 Å². The van der Waals surface area contributed by atoms with Gasteiger partial charge in [-0.3, -0.25) is 25.0 Å². The maximum atomic E-state index is 12.9. The Morgan fingerprint density at radius 1 is 0.875 bits per heavy atom. The number of anilines is 1. The molecule has 32 heavy (non-hydrogen) atoms. The van der Waals surface area contributed by atoms with Gasteiger partial charge >= 0.3 is 0 Å². The Hall–Kier alpha value is -3.92. The van der Waals surface area contributed by atoms with Gasteiger partial charge in [-0.25, -0.2) is 0 Å². The second kappa shape index (κ2) is 8.67. The van der Waals surface area contributed by atoms with Gasteiger partial charge in [0.05, 0.1) is 20.4 Å². The Labute approximate surface area is 186 Å². The first kappa shape index (κ1) is 21.3. The summed E-state index contributed by atoms with van der Waals surface area (Å²) in [6.45, 7) is 1.33. The fraction of sp³-hybridized carbons (Fsp3) is 0.190. The highest BCUT2D eigenvalue weighted by atomic mass is 35.5. The molecule has 1 aliphatic rings. The molecule has 1 amide bonds. The zero-order valence-corrected chi connectivity index (χ0v) is 17.4. The summed E-state index contributed by atoms with van der Waals surface area (Å²) in [5, 5.41) is 22.9. The summed E-state index contributed by atoms with van der Waals surface area (Å²) in [6.07, 6.45) is 0. The first-order chi connectivity index (χ1) is 15.4. The standard InChI is InChI=1S/C21H17ClN4O6/c22-15-5-3-7-17(26(30)31)20(15)23-10-12-24(13-11-23)21(27)19-9-8-18(32-19)14-4-1-2-6-16(14)25(28)29/h1-9H,10-13H2. The monoisotopic (exact) mass is 456 g/mol. The first-order valence-electron chi connectivity index (χ1n) is 9.67. The van der Waals surface area contributed by atoms with Gasteiger partial charge in [0.2, 0.25) is 0 Å². The number of hydrogen-bond donors (Lipinski definition) is 0. The maximum absolute atomic E-state index is 12.9. The molecular weight excluding hydrogens is 440 g/mol. The van der Waals surface area contributed by atoms with Gasteiger partial charge in [-0.05, 0) is 24.3 Å². The average molecular weight is 457 g/mol. The quantitative estimate of drug-likeness (QED) is 0.412. The molecule has 0 saturated carbocycles. The molecule has 1 aliphatic heterocycles. The van der Waals surface area contributed by atoms with E-state index in [-0.39, 0.29) is 39.4 Å². The molecule has 10 nitrogen and oxygen atoms in total. The maximum Gasteiger partial charge on any atom is 0.294 e. The van der Waals surface area contributed by atoms with Gasteiger partial charge in [0.25, 0.3) is 17.3 Å². The molecule has 0 spiro atoms. The van der Waals surface area contributed by atoms with Crippen LogP contribution in [-0.4, -0.2) is 46.8 Å². The lowest BCUT2D eigenvalue weighted by Gasteiger charge is -2.35. The van der Waals surface area contributed by atoms with Crippen LogP contribution in [-0.2, 0) is 0 Å². The minimum Gasteiger partial charge on any atom is -0.451 e. The van der Waals surface area contributed by atoms with Crippen LogP contribution in [0.5, 0.6) is 0 Å². The molecule has 3 aromatic rings. The molecule has 1 fully saturated rings. The number of hydrogen-bond acceptors (Lipinski definition) is 7. The second-order valence-electron chi connectivity index (χ2n) is 7.08. The molecule has 0 bridgehead atoms. The molecule has 0 atom stereocenters. The van der Waals surface area contributed by atoms with E-state index in [1.54, 1.807) is 34.1 Å². The van der Waals surface area contributed by atoms with Crippen molar-refractivity contribution in [2.45, 2.75) is 0 Å². The predicted molar refractivity (Wildman–Crippen MR) is 117 cm³/mol. The summed E-state index contributed by atoms with van der Waals surface area (Å²) in [5.41, 5.74) is 0.420. The SMILES string of the molecule is O=C(c1ccc(-c2ccccc2[N+](=O)[O-])o1)N1CCN(c2c(Cl)cccc2[N+](=O)[O-])CC1. The van der Waals surface area contributed by atoms with Crippen LogP contribution in [0.2, 0.25) is 5.02 Å². The number of piperazine rings is 1. The van der Waals surface area contributed by atoms with E-state index >= 15 is 0 Å². The molecule has 164 valence electrons. The van der Waals surface area contributed by atoms with E-state index in [1.165, 1.54) is 30.3 Å². The van der Waals surface area contributed by atoms with E-state index < -0.39 is 9.85 Å². The third-order valence-electron chi connectivity index (χ3n) is 5.23. The van der Waals surface area contributed by atoms with Crippen molar-refractivity contribution in [1.29, 1.82) is 0 Å². The number of rotatable bonds is 5. The van der Waals surface area contributed by atoms with Crippen molar-refractivity contribution in [1.82, 2.24) is 4.90 Å². The molecule has 0 unspecified atom stereocenters. The van der Waals surface area contributed by atoms with Crippen LogP contribution >= 0.6 is 11.6 Å². The summed E-state index contributed by atoms with van der Waals surface area (Å²) in [5.74, 6) is -0.0653. The molecule has 0 N–H and O–H groups in total. The van der Waals surface area contributed by atoms with E-state index in [4.69, 9.17) is 16.0 Å². The number of nitro groups is 2. The fourth-order valence-corrected chi connectivity index (χ4v) is 3.98. The summed E-state index contributed by atoms with van der Waals surface area (Å²) in [7, 11) is 0. The molecule has 1 aromatic heterocycles. The van der Waals surface area contributed by atoms with E-state index in [1.807, 2.05) is 0 Å². The topological polar surface area (TPSA) is 123 Å². The molecular formula is C21H17ClN4O6. The number of carbonyl (C=O) groups excluding carboxylic acids is 1. The van der Waals surface area contributed by atoms with E-state index in [0.29, 0.717) is 31.9 Å². The van der Waals surface area contributed by atoms with E-state index in [0.717, 1.165) is 0 Å². The van der Waals surface area contributed by atoms with Crippen molar-refractivity contribution in [3.05, 3.63) is 85.6 Å². The van der Waals surface area contributed by atoms with Crippen molar-refractivity contribution >= 4 is 34.6 Å². The van der Waals surface area contributed by atoms with Crippen LogP contribution in [0.4, 0.5) is 17.1 Å². The van der Waals surface area contributed by atoms with Crippen LogP contribution in [0.15, 0.2) is 59.0 Å². The highest BCUT2D eigenvalue weighted by Crippen LogP contribution is 2.36. The van der Waals surface area contributed by atoms with Gasteiger partial charge < -0.3 is 14.2 Å². The number of carbonyl (C=O) groups is 1. The lowest BCUT2D eigenvalue weighted by Crippen LogP contribution is -2.49. The number of amides is 1. The van der Waals surface area contributed by atoms with Crippen LogP contribution in [0.3, 0.4) is 0 Å². The lowest BCUT2D eigenvalue weighted by atomic mass is 10.1. The van der Waals surface area contributed by atoms with Gasteiger partial charge in [0, 0.05) is 38.3 Å². The third-order valence-corrected chi connectivity index (χ3v) is 5.53. The predicted octanol–water partition coefficient (Wildman–Crippen LogP) is 4.38. The summed E-state index contributed by atoms with van der Waals surface area (Å²) in [6, 6.07) is 13.7. The number of nitro benzene ring substituents is 2. The van der Waals surface area contributed by atoms with Gasteiger partial charge in [-0.1, -0.05) is 29.8 Å². The van der Waals surface area contributed by atoms with Crippen molar-refractivity contribution in [3.63, 3.8) is 0 Å². The molecule has 0 aliphatic carbocycles. The van der Waals surface area contributed by atoms with Crippen molar-refractivity contribution in [3.8, 4) is 11.3 Å². The summed E-state index contributed by atoms with van der Waals surface area (Å²) >= 11 is 6.21. The average Bonchev–Trinajstić information content (AvgIpc) is 3.28. The molecule has 1 saturated heterocycles. The van der Waals surface area contributed by atoms with Crippen LogP contribution in [0, 0.1) is 20.2 Å². The third kappa shape index (κ3) is 4.00. The lowest BCUT2D eigenvalue weighted by molar-refractivity contribution is -0.384. The Bertz CT molecular complexity index is 1200. The molecule has 2 aromatic carbocycles. The fourth-order valence-electron chi connectivity index (χ4n) is 3.69. The highest BCUT2D eigenvalue weighted by Gasteiger charge is 2.29. The van der Waals surface area contributed by atoms with E-state index in [9.17, 15) is 25.0 Å². The van der Waals surface area contributed by atoms with Crippen LogP contribution < -0.4 is 4.90 Å². The first-order valence-corrected chi connectivity index (χ1v) is 10.1. The zero-order chi connectivity index (χ0) is 22.8. The Morgan fingerprint density at radius 3 is 2.22 bits per heavy atom. The van der Waals surface area contributed by atoms with Gasteiger partial charge in [-0.2, -0.15) is 0 Å². The molecule has 11 heteroatoms.